The molecule has 0 bridgehead atoms. The zero-order valence-electron chi connectivity index (χ0n) is 24.5. The molecule has 3 aromatic rings. The van der Waals surface area contributed by atoms with Crippen LogP contribution in [-0.4, -0.2) is 80.1 Å². The normalized spacial score (nSPS) is 24.4. The number of aliphatic hydroxyl groups excluding tert-OH is 3. The van der Waals surface area contributed by atoms with E-state index < -0.39 is 41.9 Å². The van der Waals surface area contributed by atoms with Crippen LogP contribution in [0.1, 0.15) is 43.8 Å². The van der Waals surface area contributed by atoms with Crippen LogP contribution in [0.5, 0.6) is 23.0 Å². The fourth-order valence-corrected chi connectivity index (χ4v) is 5.93. The van der Waals surface area contributed by atoms with Crippen LogP contribution < -0.4 is 29.7 Å². The van der Waals surface area contributed by atoms with Gasteiger partial charge in [-0.15, -0.1) is 0 Å². The van der Waals surface area contributed by atoms with Gasteiger partial charge < -0.3 is 48.7 Å². The minimum atomic E-state index is -1.74. The van der Waals surface area contributed by atoms with Crippen molar-refractivity contribution < 1.29 is 48.2 Å². The van der Waals surface area contributed by atoms with Crippen molar-refractivity contribution in [3.63, 3.8) is 0 Å². The molecule has 2 heterocycles. The minimum Gasteiger partial charge on any atom is -0.496 e. The number of carbonyl (C=O) groups excluding carboxylic acids is 1. The predicted octanol–water partition coefficient (Wildman–Crippen LogP) is 2.47. The number of carbonyl (C=O) groups is 1. The lowest BCUT2D eigenvalue weighted by Gasteiger charge is -2.41. The molecule has 1 aliphatic heterocycles. The van der Waals surface area contributed by atoms with E-state index in [2.05, 4.69) is 5.32 Å². The number of amides is 1. The third-order valence-electron chi connectivity index (χ3n) is 8.17. The number of methoxy groups -OCH3 is 4. The standard InChI is InChI=1S/C31H37NO11/c1-38-18-11-10-15(12-20(18)39-2)19-13-17(33)23-22(42-19)14-21(40-3)24(28(23)41-4)29-26(35)25(34)27(36)30(43-29)31(37)32-16-8-6-5-7-9-16/h10-14,16,25-27,29-30,34-36H,5-9H2,1-4H3,(H,32,37). The third-order valence-corrected chi connectivity index (χ3v) is 8.17. The van der Waals surface area contributed by atoms with E-state index in [1.807, 2.05) is 0 Å². The van der Waals surface area contributed by atoms with E-state index in [4.69, 9.17) is 28.1 Å². The van der Waals surface area contributed by atoms with Gasteiger partial charge in [0.25, 0.3) is 5.91 Å². The Kier molecular flexibility index (Phi) is 9.11. The zero-order chi connectivity index (χ0) is 30.8. The van der Waals surface area contributed by atoms with E-state index in [0.29, 0.717) is 17.1 Å². The molecule has 1 aliphatic carbocycles. The van der Waals surface area contributed by atoms with Crippen LogP contribution in [0, 0.1) is 0 Å². The summed E-state index contributed by atoms with van der Waals surface area (Å²) in [5, 5.41) is 35.5. The highest BCUT2D eigenvalue weighted by Crippen LogP contribution is 2.46. The quantitative estimate of drug-likeness (QED) is 0.300. The summed E-state index contributed by atoms with van der Waals surface area (Å²) in [5.41, 5.74) is 0.280. The van der Waals surface area contributed by atoms with Gasteiger partial charge in [-0.05, 0) is 31.0 Å². The summed E-state index contributed by atoms with van der Waals surface area (Å²) >= 11 is 0. The molecule has 1 saturated heterocycles. The van der Waals surface area contributed by atoms with E-state index in [1.165, 1.54) is 40.6 Å². The minimum absolute atomic E-state index is 0.0268. The van der Waals surface area contributed by atoms with Crippen molar-refractivity contribution in [1.82, 2.24) is 5.32 Å². The van der Waals surface area contributed by atoms with Gasteiger partial charge in [0.1, 0.15) is 52.6 Å². The van der Waals surface area contributed by atoms with Gasteiger partial charge in [-0.25, -0.2) is 0 Å². The lowest BCUT2D eigenvalue weighted by molar-refractivity contribution is -0.223. The van der Waals surface area contributed by atoms with Crippen LogP contribution in [0.15, 0.2) is 39.5 Å². The molecule has 232 valence electrons. The van der Waals surface area contributed by atoms with Crippen molar-refractivity contribution in [3.05, 3.63) is 46.1 Å². The van der Waals surface area contributed by atoms with Gasteiger partial charge in [0.15, 0.2) is 23.0 Å². The molecule has 12 nitrogen and oxygen atoms in total. The number of hydrogen-bond acceptors (Lipinski definition) is 11. The first-order valence-corrected chi connectivity index (χ1v) is 14.2. The highest BCUT2D eigenvalue weighted by Gasteiger charge is 2.49. The molecule has 2 aromatic carbocycles. The zero-order valence-corrected chi connectivity index (χ0v) is 24.5. The Balaban J connectivity index is 1.57. The molecule has 2 aliphatic rings. The summed E-state index contributed by atoms with van der Waals surface area (Å²) in [7, 11) is 5.71. The molecule has 4 N–H and O–H groups in total. The Labute approximate surface area is 248 Å². The highest BCUT2D eigenvalue weighted by atomic mass is 16.5. The van der Waals surface area contributed by atoms with Crippen LogP contribution >= 0.6 is 0 Å². The second-order valence-electron chi connectivity index (χ2n) is 10.7. The van der Waals surface area contributed by atoms with Gasteiger partial charge in [0.2, 0.25) is 0 Å². The Hall–Kier alpha value is -3.84. The summed E-state index contributed by atoms with van der Waals surface area (Å²) in [5.74, 6) is 0.665. The van der Waals surface area contributed by atoms with Crippen molar-refractivity contribution >= 4 is 16.9 Å². The molecular weight excluding hydrogens is 562 g/mol. The van der Waals surface area contributed by atoms with Crippen LogP contribution in [0.3, 0.4) is 0 Å². The molecule has 5 rings (SSSR count). The maximum absolute atomic E-state index is 13.6. The highest BCUT2D eigenvalue weighted by molar-refractivity contribution is 5.89. The summed E-state index contributed by atoms with van der Waals surface area (Å²) in [6.45, 7) is 0. The molecule has 1 saturated carbocycles. The molecule has 0 radical (unpaired) electrons. The summed E-state index contributed by atoms with van der Waals surface area (Å²) in [4.78, 5) is 26.8. The topological polar surface area (TPSA) is 166 Å². The maximum Gasteiger partial charge on any atom is 0.252 e. The molecule has 1 aromatic heterocycles. The SMILES string of the molecule is COc1ccc(-c2cc(=O)c3c(OC)c(C4OC(C(=O)NC5CCCCC5)C(O)C(O)C4O)c(OC)cc3o2)cc1OC. The van der Waals surface area contributed by atoms with Crippen LogP contribution in [0.4, 0.5) is 0 Å². The van der Waals surface area contributed by atoms with E-state index >= 15 is 0 Å². The van der Waals surface area contributed by atoms with Gasteiger partial charge in [-0.3, -0.25) is 9.59 Å². The molecule has 5 atom stereocenters. The summed E-state index contributed by atoms with van der Waals surface area (Å²) < 4.78 is 34.1. The predicted molar refractivity (Wildman–Crippen MR) is 155 cm³/mol. The fraction of sp³-hybridized carbons (Fsp3) is 0.484. The number of nitrogens with one attached hydrogen (secondary N) is 1. The monoisotopic (exact) mass is 599 g/mol. The average molecular weight is 600 g/mol. The number of benzene rings is 2. The molecule has 43 heavy (non-hydrogen) atoms. The molecule has 12 heteroatoms. The van der Waals surface area contributed by atoms with Gasteiger partial charge in [0.05, 0.1) is 34.0 Å². The number of hydrogen-bond donors (Lipinski definition) is 4. The Morgan fingerprint density at radius 2 is 1.53 bits per heavy atom. The molecule has 1 amide bonds. The molecule has 5 unspecified atom stereocenters. The second-order valence-corrected chi connectivity index (χ2v) is 10.7. The number of rotatable bonds is 8. The first kappa shape index (κ1) is 30.6. The van der Waals surface area contributed by atoms with Crippen molar-refractivity contribution in [3.8, 4) is 34.3 Å². The van der Waals surface area contributed by atoms with Gasteiger partial charge in [0, 0.05) is 23.7 Å². The Morgan fingerprint density at radius 1 is 0.837 bits per heavy atom. The van der Waals surface area contributed by atoms with Crippen molar-refractivity contribution in [2.45, 2.75) is 68.7 Å². The Morgan fingerprint density at radius 3 is 2.19 bits per heavy atom. The van der Waals surface area contributed by atoms with E-state index in [-0.39, 0.29) is 39.8 Å². The summed E-state index contributed by atoms with van der Waals surface area (Å²) in [6.07, 6.45) is -3.38. The number of aliphatic hydroxyl groups is 3. The molecular formula is C31H37NO11. The van der Waals surface area contributed by atoms with Crippen LogP contribution in [0.2, 0.25) is 0 Å². The van der Waals surface area contributed by atoms with Gasteiger partial charge in [-0.2, -0.15) is 0 Å². The van der Waals surface area contributed by atoms with Crippen molar-refractivity contribution in [2.75, 3.05) is 28.4 Å². The Bertz CT molecular complexity index is 1530. The first-order chi connectivity index (χ1) is 20.7. The lowest BCUT2D eigenvalue weighted by atomic mass is 9.88. The largest absolute Gasteiger partial charge is 0.496 e. The second kappa shape index (κ2) is 12.8. The van der Waals surface area contributed by atoms with Crippen molar-refractivity contribution in [1.29, 1.82) is 0 Å². The third kappa shape index (κ3) is 5.75. The lowest BCUT2D eigenvalue weighted by Crippen LogP contribution is -2.59. The van der Waals surface area contributed by atoms with Gasteiger partial charge in [-0.1, -0.05) is 19.3 Å². The number of fused-ring (bicyclic) bond motifs is 1. The fourth-order valence-electron chi connectivity index (χ4n) is 5.93. The van der Waals surface area contributed by atoms with E-state index in [0.717, 1.165) is 32.1 Å². The van der Waals surface area contributed by atoms with Crippen LogP contribution in [0.25, 0.3) is 22.3 Å². The molecule has 0 spiro atoms. The van der Waals surface area contributed by atoms with E-state index in [9.17, 15) is 24.9 Å². The van der Waals surface area contributed by atoms with Crippen molar-refractivity contribution in [2.24, 2.45) is 0 Å². The van der Waals surface area contributed by atoms with E-state index in [1.54, 1.807) is 18.2 Å². The maximum atomic E-state index is 13.6. The summed E-state index contributed by atoms with van der Waals surface area (Å²) in [6, 6.07) is 7.73. The van der Waals surface area contributed by atoms with Crippen LogP contribution in [-0.2, 0) is 9.53 Å². The average Bonchev–Trinajstić information content (AvgIpc) is 3.02. The smallest absolute Gasteiger partial charge is 0.252 e. The molecule has 2 fully saturated rings. The number of ether oxygens (including phenoxy) is 5. The first-order valence-electron chi connectivity index (χ1n) is 14.2. The van der Waals surface area contributed by atoms with Gasteiger partial charge >= 0.3 is 0 Å².